The Balaban J connectivity index is 1.82. The van der Waals surface area contributed by atoms with Crippen LogP contribution in [0.15, 0.2) is 23.1 Å². The van der Waals surface area contributed by atoms with Gasteiger partial charge in [-0.15, -0.1) is 0 Å². The molecule has 1 atom stereocenters. The second kappa shape index (κ2) is 7.45. The first-order chi connectivity index (χ1) is 11.4. The van der Waals surface area contributed by atoms with E-state index in [0.29, 0.717) is 18.1 Å². The molecule has 1 unspecified atom stereocenters. The third-order valence-corrected chi connectivity index (χ3v) is 7.18. The quantitative estimate of drug-likeness (QED) is 0.841. The molecule has 0 aliphatic carbocycles. The average molecular weight is 393 g/mol. The highest BCUT2D eigenvalue weighted by Crippen LogP contribution is 2.29. The Morgan fingerprint density at radius 3 is 2.50 bits per heavy atom. The summed E-state index contributed by atoms with van der Waals surface area (Å²) in [6, 6.07) is 4.50. The molecule has 0 saturated carbocycles. The van der Waals surface area contributed by atoms with Gasteiger partial charge in [0.25, 0.3) is 0 Å². The van der Waals surface area contributed by atoms with Crippen LogP contribution in [0.5, 0.6) is 0 Å². The fraction of sp³-hybridized carbons (Fsp3) is 0.600. The number of benzene rings is 1. The molecule has 0 spiro atoms. The van der Waals surface area contributed by atoms with Crippen molar-refractivity contribution in [2.45, 2.75) is 18.1 Å². The summed E-state index contributed by atoms with van der Waals surface area (Å²) in [5.41, 5.74) is 0. The molecule has 0 bridgehead atoms. The van der Waals surface area contributed by atoms with E-state index in [0.717, 1.165) is 32.7 Å². The van der Waals surface area contributed by atoms with Gasteiger partial charge < -0.3 is 4.90 Å². The summed E-state index contributed by atoms with van der Waals surface area (Å²) in [7, 11) is -3.68. The molecule has 134 valence electrons. The first-order valence-electron chi connectivity index (χ1n) is 8.10. The second-order valence-electron chi connectivity index (χ2n) is 5.99. The van der Waals surface area contributed by atoms with Gasteiger partial charge in [-0.1, -0.05) is 30.1 Å². The van der Waals surface area contributed by atoms with Gasteiger partial charge in [-0.25, -0.2) is 8.42 Å². The van der Waals surface area contributed by atoms with Crippen LogP contribution < -0.4 is 5.32 Å². The topological polar surface area (TPSA) is 55.9 Å². The lowest BCUT2D eigenvalue weighted by atomic mass is 10.3. The molecule has 1 N–H and O–H groups in total. The van der Waals surface area contributed by atoms with Gasteiger partial charge in [-0.3, -0.25) is 10.2 Å². The van der Waals surface area contributed by atoms with Crippen molar-refractivity contribution in [3.05, 3.63) is 28.2 Å². The summed E-state index contributed by atoms with van der Waals surface area (Å²) in [6.45, 7) is 7.80. The molecule has 2 heterocycles. The number of hydrogen-bond donors (Lipinski definition) is 1. The summed E-state index contributed by atoms with van der Waals surface area (Å²) in [5.74, 6) is 0. The van der Waals surface area contributed by atoms with E-state index in [-0.39, 0.29) is 16.2 Å². The minimum atomic E-state index is -3.68. The molecule has 1 aromatic rings. The number of sulfonamides is 1. The van der Waals surface area contributed by atoms with Gasteiger partial charge in [0.05, 0.1) is 5.02 Å². The summed E-state index contributed by atoms with van der Waals surface area (Å²) in [4.78, 5) is 4.65. The van der Waals surface area contributed by atoms with Crippen molar-refractivity contribution in [3.63, 3.8) is 0 Å². The molecule has 0 radical (unpaired) electrons. The average Bonchev–Trinajstić information content (AvgIpc) is 3.05. The maximum Gasteiger partial charge on any atom is 0.247 e. The molecule has 2 aliphatic rings. The minimum absolute atomic E-state index is 0.106. The Kier molecular flexibility index (Phi) is 5.71. The molecule has 6 nitrogen and oxygen atoms in total. The number of hydrogen-bond acceptors (Lipinski definition) is 5. The predicted octanol–water partition coefficient (Wildman–Crippen LogP) is 1.51. The summed E-state index contributed by atoms with van der Waals surface area (Å²) < 4.78 is 27.6. The van der Waals surface area contributed by atoms with E-state index in [9.17, 15) is 8.42 Å². The van der Waals surface area contributed by atoms with Crippen LogP contribution in [0, 0.1) is 0 Å². The van der Waals surface area contributed by atoms with E-state index in [1.807, 2.05) is 0 Å². The summed E-state index contributed by atoms with van der Waals surface area (Å²) in [6.07, 6.45) is -0.319. The lowest BCUT2D eigenvalue weighted by Crippen LogP contribution is -2.58. The molecule has 0 amide bonds. The largest absolute Gasteiger partial charge is 0.301 e. The van der Waals surface area contributed by atoms with Gasteiger partial charge in [-0.05, 0) is 24.7 Å². The zero-order valence-corrected chi connectivity index (χ0v) is 15.9. The lowest BCUT2D eigenvalue weighted by molar-refractivity contribution is 0.0532. The third-order valence-electron chi connectivity index (χ3n) is 4.61. The van der Waals surface area contributed by atoms with Crippen LogP contribution in [-0.2, 0) is 10.0 Å². The lowest BCUT2D eigenvalue weighted by Gasteiger charge is -2.40. The number of likely N-dealkylation sites (N-methyl/N-ethyl adjacent to an activating group) is 1. The molecule has 0 aromatic heterocycles. The van der Waals surface area contributed by atoms with Crippen LogP contribution in [0.25, 0.3) is 0 Å². The van der Waals surface area contributed by atoms with E-state index >= 15 is 0 Å². The van der Waals surface area contributed by atoms with Crippen molar-refractivity contribution < 1.29 is 8.42 Å². The Morgan fingerprint density at radius 1 is 1.17 bits per heavy atom. The van der Waals surface area contributed by atoms with Crippen molar-refractivity contribution in [3.8, 4) is 0 Å². The number of halogens is 2. The standard InChI is InChI=1S/C15H22Cl2N4O2S/c1-2-19-7-9-20(10-8-19)15-18-5-6-21(15)24(22,23)14-4-3-12(16)11-13(14)17/h3-4,11,15,18H,2,5-10H2,1H3. The monoisotopic (exact) mass is 392 g/mol. The molecule has 9 heteroatoms. The van der Waals surface area contributed by atoms with E-state index in [1.54, 1.807) is 6.07 Å². The fourth-order valence-electron chi connectivity index (χ4n) is 3.23. The summed E-state index contributed by atoms with van der Waals surface area (Å²) >= 11 is 12.0. The van der Waals surface area contributed by atoms with Crippen LogP contribution in [-0.4, -0.2) is 74.6 Å². The van der Waals surface area contributed by atoms with Gasteiger partial charge in [0.15, 0.2) is 0 Å². The molecule has 3 rings (SSSR count). The maximum atomic E-state index is 13.1. The van der Waals surface area contributed by atoms with Gasteiger partial charge in [-0.2, -0.15) is 4.31 Å². The molecule has 2 aliphatic heterocycles. The molecule has 2 saturated heterocycles. The van der Waals surface area contributed by atoms with Crippen LogP contribution in [0.2, 0.25) is 10.0 Å². The number of nitrogens with one attached hydrogen (secondary N) is 1. The highest BCUT2D eigenvalue weighted by Gasteiger charge is 2.40. The molecular formula is C15H22Cl2N4O2S. The van der Waals surface area contributed by atoms with Crippen molar-refractivity contribution >= 4 is 33.2 Å². The first kappa shape index (κ1) is 18.4. The maximum absolute atomic E-state index is 13.1. The number of rotatable bonds is 4. The van der Waals surface area contributed by atoms with Gasteiger partial charge >= 0.3 is 0 Å². The summed E-state index contributed by atoms with van der Waals surface area (Å²) in [5, 5.41) is 3.88. The number of piperazine rings is 1. The van der Waals surface area contributed by atoms with Gasteiger partial charge in [0.1, 0.15) is 11.2 Å². The minimum Gasteiger partial charge on any atom is -0.301 e. The van der Waals surface area contributed by atoms with Crippen LogP contribution in [0.1, 0.15) is 6.92 Å². The first-order valence-corrected chi connectivity index (χ1v) is 10.3. The third kappa shape index (κ3) is 3.58. The van der Waals surface area contributed by atoms with Crippen LogP contribution in [0.4, 0.5) is 0 Å². The van der Waals surface area contributed by atoms with Crippen molar-refractivity contribution in [2.24, 2.45) is 0 Å². The second-order valence-corrected chi connectivity index (χ2v) is 8.69. The fourth-order valence-corrected chi connectivity index (χ4v) is 5.53. The SMILES string of the molecule is CCN1CCN(C2NCCN2S(=O)(=O)c2ccc(Cl)cc2Cl)CC1. The van der Waals surface area contributed by atoms with E-state index < -0.39 is 10.0 Å². The zero-order valence-electron chi connectivity index (χ0n) is 13.6. The highest BCUT2D eigenvalue weighted by atomic mass is 35.5. The highest BCUT2D eigenvalue weighted by molar-refractivity contribution is 7.89. The van der Waals surface area contributed by atoms with Crippen LogP contribution >= 0.6 is 23.2 Å². The molecule has 1 aromatic carbocycles. The van der Waals surface area contributed by atoms with Crippen molar-refractivity contribution in [2.75, 3.05) is 45.8 Å². The van der Waals surface area contributed by atoms with Crippen molar-refractivity contribution in [1.82, 2.24) is 19.4 Å². The molecule has 24 heavy (non-hydrogen) atoms. The van der Waals surface area contributed by atoms with Gasteiger partial charge in [0.2, 0.25) is 10.0 Å². The molecule has 2 fully saturated rings. The van der Waals surface area contributed by atoms with E-state index in [1.165, 1.54) is 16.4 Å². The molecular weight excluding hydrogens is 371 g/mol. The Morgan fingerprint density at radius 2 is 1.88 bits per heavy atom. The smallest absolute Gasteiger partial charge is 0.247 e. The Labute approximate surface area is 153 Å². The predicted molar refractivity (Wildman–Crippen MR) is 95.8 cm³/mol. The Bertz CT molecular complexity index is 693. The van der Waals surface area contributed by atoms with Gasteiger partial charge in [0, 0.05) is 44.3 Å². The zero-order chi connectivity index (χ0) is 17.3. The normalized spacial score (nSPS) is 24.5. The Hall–Kier alpha value is -0.410. The van der Waals surface area contributed by atoms with E-state index in [4.69, 9.17) is 23.2 Å². The van der Waals surface area contributed by atoms with E-state index in [2.05, 4.69) is 22.0 Å². The number of nitrogens with zero attached hydrogens (tertiary/aromatic N) is 3. The van der Waals surface area contributed by atoms with Crippen LogP contribution in [0.3, 0.4) is 0 Å². The van der Waals surface area contributed by atoms with Crippen molar-refractivity contribution in [1.29, 1.82) is 0 Å².